The molecule has 4 rings (SSSR count). The predicted octanol–water partition coefficient (Wildman–Crippen LogP) is 2.50. The first-order chi connectivity index (χ1) is 13.2. The lowest BCUT2D eigenvalue weighted by Gasteiger charge is -2.41. The van der Waals surface area contributed by atoms with Gasteiger partial charge < -0.3 is 4.74 Å². The van der Waals surface area contributed by atoms with Crippen molar-refractivity contribution in [3.8, 4) is 0 Å². The average molecular weight is 377 g/mol. The number of aromatic nitrogens is 4. The normalized spacial score (nSPS) is 27.0. The molecular weight excluding hydrogens is 340 g/mol. The van der Waals surface area contributed by atoms with E-state index in [1.807, 2.05) is 4.68 Å². The zero-order valence-corrected chi connectivity index (χ0v) is 17.1. The lowest BCUT2D eigenvalue weighted by molar-refractivity contribution is 0.0552. The Morgan fingerprint density at radius 1 is 1.04 bits per heavy atom. The van der Waals surface area contributed by atoms with E-state index >= 15 is 0 Å². The standard InChI is InChI=1S/C20H36N6O/c1-16(2)14-19(20-21-22-23-26(20)15-18-8-5-13-27-18)25-11-9-24(10-12-25)17-6-3-4-7-17/h16-19H,3-15H2,1-2H3/t18-,19+/m1/s1. The van der Waals surface area contributed by atoms with E-state index in [-0.39, 0.29) is 6.10 Å². The molecule has 3 heterocycles. The molecule has 3 aliphatic rings. The van der Waals surface area contributed by atoms with E-state index in [2.05, 4.69) is 39.2 Å². The molecule has 1 saturated carbocycles. The highest BCUT2D eigenvalue weighted by molar-refractivity contribution is 4.97. The van der Waals surface area contributed by atoms with Crippen molar-refractivity contribution in [2.75, 3.05) is 32.8 Å². The smallest absolute Gasteiger partial charge is 0.168 e. The Balaban J connectivity index is 1.43. The average Bonchev–Trinajstić information content (AvgIpc) is 3.43. The molecule has 1 aliphatic carbocycles. The highest BCUT2D eigenvalue weighted by Crippen LogP contribution is 2.30. The fraction of sp³-hybridized carbons (Fsp3) is 0.950. The molecule has 2 aliphatic heterocycles. The van der Waals surface area contributed by atoms with Crippen molar-refractivity contribution in [2.24, 2.45) is 5.92 Å². The molecular formula is C20H36N6O. The number of hydrogen-bond donors (Lipinski definition) is 0. The zero-order chi connectivity index (χ0) is 18.6. The van der Waals surface area contributed by atoms with Gasteiger partial charge in [-0.1, -0.05) is 26.7 Å². The summed E-state index contributed by atoms with van der Waals surface area (Å²) in [6.45, 7) is 10.9. The molecule has 2 saturated heterocycles. The van der Waals surface area contributed by atoms with Crippen molar-refractivity contribution in [2.45, 2.75) is 83.5 Å². The van der Waals surface area contributed by atoms with Crippen molar-refractivity contribution >= 4 is 0 Å². The third kappa shape index (κ3) is 4.69. The lowest BCUT2D eigenvalue weighted by atomic mass is 10.0. The summed E-state index contributed by atoms with van der Waals surface area (Å²) in [7, 11) is 0. The van der Waals surface area contributed by atoms with Crippen molar-refractivity contribution < 1.29 is 4.74 Å². The summed E-state index contributed by atoms with van der Waals surface area (Å²) in [5.74, 6) is 1.66. The molecule has 7 nitrogen and oxygen atoms in total. The van der Waals surface area contributed by atoms with Gasteiger partial charge in [-0.05, 0) is 48.4 Å². The molecule has 0 radical (unpaired) electrons. The maximum Gasteiger partial charge on any atom is 0.168 e. The number of hydrogen-bond acceptors (Lipinski definition) is 6. The van der Waals surface area contributed by atoms with Crippen LogP contribution in [-0.2, 0) is 11.3 Å². The van der Waals surface area contributed by atoms with Gasteiger partial charge in [0.25, 0.3) is 0 Å². The maximum absolute atomic E-state index is 5.82. The highest BCUT2D eigenvalue weighted by Gasteiger charge is 2.33. The number of ether oxygens (including phenoxy) is 1. The van der Waals surface area contributed by atoms with Crippen LogP contribution in [0.5, 0.6) is 0 Å². The van der Waals surface area contributed by atoms with Crippen molar-refractivity contribution in [3.05, 3.63) is 5.82 Å². The minimum atomic E-state index is 0.270. The molecule has 0 unspecified atom stereocenters. The third-order valence-electron chi connectivity index (χ3n) is 6.58. The molecule has 0 bridgehead atoms. The Labute approximate surface area is 163 Å². The molecule has 152 valence electrons. The first-order valence-electron chi connectivity index (χ1n) is 11.1. The Hall–Kier alpha value is -1.05. The minimum absolute atomic E-state index is 0.270. The van der Waals surface area contributed by atoms with Crippen LogP contribution in [-0.4, -0.2) is 74.9 Å². The zero-order valence-electron chi connectivity index (χ0n) is 17.1. The quantitative estimate of drug-likeness (QED) is 0.729. The van der Waals surface area contributed by atoms with Gasteiger partial charge in [0.1, 0.15) is 0 Å². The van der Waals surface area contributed by atoms with Gasteiger partial charge in [0.05, 0.1) is 18.7 Å². The van der Waals surface area contributed by atoms with E-state index in [1.165, 1.54) is 38.8 Å². The van der Waals surface area contributed by atoms with Gasteiger partial charge in [0.2, 0.25) is 0 Å². The van der Waals surface area contributed by atoms with E-state index in [0.717, 1.165) is 57.4 Å². The predicted molar refractivity (Wildman–Crippen MR) is 104 cm³/mol. The van der Waals surface area contributed by atoms with Crippen LogP contribution < -0.4 is 0 Å². The number of piperazine rings is 1. The van der Waals surface area contributed by atoms with Gasteiger partial charge in [-0.3, -0.25) is 9.80 Å². The number of rotatable bonds is 7. The first-order valence-corrected chi connectivity index (χ1v) is 11.1. The second-order valence-corrected chi connectivity index (χ2v) is 9.01. The molecule has 1 aromatic rings. The van der Waals surface area contributed by atoms with Crippen LogP contribution in [0.4, 0.5) is 0 Å². The summed E-state index contributed by atoms with van der Waals surface area (Å²) in [5, 5.41) is 12.8. The molecule has 0 amide bonds. The van der Waals surface area contributed by atoms with E-state index in [0.29, 0.717) is 12.0 Å². The van der Waals surface area contributed by atoms with Gasteiger partial charge >= 0.3 is 0 Å². The molecule has 0 aromatic carbocycles. The molecule has 2 atom stereocenters. The van der Waals surface area contributed by atoms with Gasteiger partial charge in [0, 0.05) is 38.8 Å². The van der Waals surface area contributed by atoms with E-state index in [4.69, 9.17) is 4.74 Å². The van der Waals surface area contributed by atoms with Crippen molar-refractivity contribution in [1.82, 2.24) is 30.0 Å². The summed E-state index contributed by atoms with van der Waals surface area (Å²) >= 11 is 0. The molecule has 27 heavy (non-hydrogen) atoms. The molecule has 7 heteroatoms. The lowest BCUT2D eigenvalue weighted by Crippen LogP contribution is -2.51. The van der Waals surface area contributed by atoms with Gasteiger partial charge in [-0.25, -0.2) is 4.68 Å². The van der Waals surface area contributed by atoms with Gasteiger partial charge in [-0.2, -0.15) is 0 Å². The highest BCUT2D eigenvalue weighted by atomic mass is 16.5. The van der Waals surface area contributed by atoms with Crippen LogP contribution in [0, 0.1) is 5.92 Å². The second-order valence-electron chi connectivity index (χ2n) is 9.01. The third-order valence-corrected chi connectivity index (χ3v) is 6.58. The van der Waals surface area contributed by atoms with Crippen LogP contribution in [0.25, 0.3) is 0 Å². The fourth-order valence-electron chi connectivity index (χ4n) is 5.11. The molecule has 3 fully saturated rings. The summed E-state index contributed by atoms with van der Waals surface area (Å²) in [4.78, 5) is 5.36. The summed E-state index contributed by atoms with van der Waals surface area (Å²) < 4.78 is 7.84. The summed E-state index contributed by atoms with van der Waals surface area (Å²) in [6.07, 6.45) is 9.28. The van der Waals surface area contributed by atoms with Crippen LogP contribution >= 0.6 is 0 Å². The maximum atomic E-state index is 5.82. The van der Waals surface area contributed by atoms with Crippen LogP contribution in [0.2, 0.25) is 0 Å². The summed E-state index contributed by atoms with van der Waals surface area (Å²) in [5.41, 5.74) is 0. The number of tetrazole rings is 1. The Kier molecular flexibility index (Phi) is 6.40. The monoisotopic (exact) mass is 376 g/mol. The van der Waals surface area contributed by atoms with E-state index in [1.54, 1.807) is 0 Å². The Morgan fingerprint density at radius 2 is 1.81 bits per heavy atom. The van der Waals surface area contributed by atoms with Crippen LogP contribution in [0.1, 0.15) is 70.7 Å². The SMILES string of the molecule is CC(C)C[C@@H](c1nnnn1C[C@H]1CCCO1)N1CCN(C2CCCC2)CC1. The van der Waals surface area contributed by atoms with Crippen molar-refractivity contribution in [3.63, 3.8) is 0 Å². The Bertz CT molecular complexity index is 571. The Morgan fingerprint density at radius 3 is 2.48 bits per heavy atom. The minimum Gasteiger partial charge on any atom is -0.376 e. The molecule has 0 N–H and O–H groups in total. The number of nitrogens with zero attached hydrogens (tertiary/aromatic N) is 6. The van der Waals surface area contributed by atoms with Gasteiger partial charge in [-0.15, -0.1) is 5.10 Å². The van der Waals surface area contributed by atoms with Crippen molar-refractivity contribution in [1.29, 1.82) is 0 Å². The first kappa shape index (κ1) is 19.3. The topological polar surface area (TPSA) is 59.3 Å². The largest absolute Gasteiger partial charge is 0.376 e. The van der Waals surface area contributed by atoms with E-state index < -0.39 is 0 Å². The van der Waals surface area contributed by atoms with Gasteiger partial charge in [0.15, 0.2) is 5.82 Å². The van der Waals surface area contributed by atoms with E-state index in [9.17, 15) is 0 Å². The molecule has 1 aromatic heterocycles. The van der Waals surface area contributed by atoms with Crippen LogP contribution in [0.15, 0.2) is 0 Å². The summed E-state index contributed by atoms with van der Waals surface area (Å²) in [6, 6.07) is 1.15. The fourth-order valence-corrected chi connectivity index (χ4v) is 5.11. The van der Waals surface area contributed by atoms with Crippen LogP contribution in [0.3, 0.4) is 0 Å². The molecule has 0 spiro atoms. The second kappa shape index (κ2) is 8.97.